The summed E-state index contributed by atoms with van der Waals surface area (Å²) in [6.45, 7) is 0.496. The maximum absolute atomic E-state index is 13.9. The molecule has 2 N–H and O–H groups in total. The molecule has 1 atom stereocenters. The van der Waals surface area contributed by atoms with Crippen molar-refractivity contribution in [3.63, 3.8) is 0 Å². The molecule has 0 heterocycles. The number of urea groups is 1. The quantitative estimate of drug-likeness (QED) is 0.143. The van der Waals surface area contributed by atoms with Crippen LogP contribution in [0.2, 0.25) is 0 Å². The molecule has 0 saturated carbocycles. The minimum absolute atomic E-state index is 0.0812. The van der Waals surface area contributed by atoms with Crippen molar-refractivity contribution in [1.29, 1.82) is 0 Å². The van der Waals surface area contributed by atoms with E-state index in [1.807, 2.05) is 89.8 Å². The molecule has 218 valence electrons. The van der Waals surface area contributed by atoms with Crippen molar-refractivity contribution < 1.29 is 14.7 Å². The summed E-state index contributed by atoms with van der Waals surface area (Å²) >= 11 is 3.61. The van der Waals surface area contributed by atoms with E-state index in [1.54, 1.807) is 23.5 Å². The molecule has 4 aromatic rings. The summed E-state index contributed by atoms with van der Waals surface area (Å²) in [4.78, 5) is 28.0. The second-order valence-electron chi connectivity index (χ2n) is 10.1. The summed E-state index contributed by atoms with van der Waals surface area (Å²) in [5.74, 6) is 2.15. The Morgan fingerprint density at radius 1 is 0.643 bits per heavy atom. The first-order valence-corrected chi connectivity index (χ1v) is 16.5. The molecule has 0 aliphatic heterocycles. The van der Waals surface area contributed by atoms with Crippen molar-refractivity contribution in [3.05, 3.63) is 144 Å². The van der Waals surface area contributed by atoms with Crippen LogP contribution in [0, 0.1) is 0 Å². The van der Waals surface area contributed by atoms with Crippen molar-refractivity contribution in [1.82, 2.24) is 10.2 Å². The van der Waals surface area contributed by atoms with Crippen LogP contribution < -0.4 is 5.32 Å². The second kappa shape index (κ2) is 17.3. The van der Waals surface area contributed by atoms with Gasteiger partial charge in [-0.25, -0.2) is 9.59 Å². The minimum Gasteiger partial charge on any atom is -0.480 e. The highest BCUT2D eigenvalue weighted by Gasteiger charge is 2.28. The third-order valence-corrected chi connectivity index (χ3v) is 9.22. The van der Waals surface area contributed by atoms with E-state index in [4.69, 9.17) is 0 Å². The first-order chi connectivity index (χ1) is 20.6. The van der Waals surface area contributed by atoms with E-state index >= 15 is 0 Å². The van der Waals surface area contributed by atoms with Gasteiger partial charge >= 0.3 is 12.0 Å². The van der Waals surface area contributed by atoms with E-state index < -0.39 is 12.0 Å². The van der Waals surface area contributed by atoms with E-state index in [2.05, 4.69) is 41.7 Å². The molecule has 0 aliphatic carbocycles. The molecule has 0 aromatic heterocycles. The molecule has 0 aliphatic rings. The van der Waals surface area contributed by atoms with Crippen LogP contribution in [0.25, 0.3) is 0 Å². The molecule has 7 heteroatoms. The van der Waals surface area contributed by atoms with Gasteiger partial charge in [0.1, 0.15) is 6.04 Å². The highest BCUT2D eigenvalue weighted by Crippen LogP contribution is 2.22. The van der Waals surface area contributed by atoms with Gasteiger partial charge in [0.2, 0.25) is 0 Å². The lowest BCUT2D eigenvalue weighted by Gasteiger charge is -2.33. The highest BCUT2D eigenvalue weighted by atomic mass is 32.2. The van der Waals surface area contributed by atoms with E-state index in [-0.39, 0.29) is 18.5 Å². The number of carbonyl (C=O) groups is 2. The van der Waals surface area contributed by atoms with Crippen LogP contribution in [0.4, 0.5) is 4.79 Å². The Kier molecular flexibility index (Phi) is 12.9. The summed E-state index contributed by atoms with van der Waals surface area (Å²) in [6.07, 6.45) is 0.915. The molecule has 2 amide bonds. The third-order valence-electron chi connectivity index (χ3n) is 6.91. The van der Waals surface area contributed by atoms with Gasteiger partial charge in [-0.1, -0.05) is 121 Å². The lowest BCUT2D eigenvalue weighted by atomic mass is 10.1. The number of rotatable bonds is 16. The van der Waals surface area contributed by atoms with Gasteiger partial charge in [0.25, 0.3) is 0 Å². The summed E-state index contributed by atoms with van der Waals surface area (Å²) in [5, 5.41) is 12.9. The Morgan fingerprint density at radius 3 is 1.52 bits per heavy atom. The maximum Gasteiger partial charge on any atom is 0.326 e. The number of thioether (sulfide) groups is 2. The summed E-state index contributed by atoms with van der Waals surface area (Å²) in [5.41, 5.74) is 4.50. The first-order valence-electron chi connectivity index (χ1n) is 14.2. The molecule has 5 nitrogen and oxygen atoms in total. The molecule has 1 unspecified atom stereocenters. The van der Waals surface area contributed by atoms with Gasteiger partial charge in [-0.05, 0) is 28.7 Å². The average molecular weight is 599 g/mol. The lowest BCUT2D eigenvalue weighted by molar-refractivity contribution is -0.139. The molecule has 42 heavy (non-hydrogen) atoms. The number of amides is 2. The Bertz CT molecular complexity index is 1300. The number of carboxylic acids is 1. The zero-order valence-electron chi connectivity index (χ0n) is 23.7. The van der Waals surface area contributed by atoms with Gasteiger partial charge in [-0.15, -0.1) is 0 Å². The number of hydrogen-bond acceptors (Lipinski definition) is 4. The van der Waals surface area contributed by atoms with E-state index in [0.717, 1.165) is 34.1 Å². The summed E-state index contributed by atoms with van der Waals surface area (Å²) in [7, 11) is 0. The molecule has 0 spiro atoms. The number of nitrogens with zero attached hydrogens (tertiary/aromatic N) is 1. The number of nitrogens with one attached hydrogen (secondary N) is 1. The van der Waals surface area contributed by atoms with Crippen LogP contribution in [0.1, 0.15) is 22.3 Å². The number of hydrogen-bond donors (Lipinski definition) is 2. The lowest BCUT2D eigenvalue weighted by Crippen LogP contribution is -2.54. The number of carboxylic acid groups (broad SMARTS) is 1. The standard InChI is InChI=1S/C35H38N2O3S2/c38-34(39)33(23-29-15-7-2-8-16-29)36-35(40)37(22-21-28-13-5-1-6-14-28)32(26-41-24-30-17-9-3-10-18-30)27-42-25-31-19-11-4-12-20-31/h1-20,32-33H,21-27H2,(H,36,40)(H,38,39). The molecule has 0 bridgehead atoms. The van der Waals surface area contributed by atoms with Gasteiger partial charge in [-0.3, -0.25) is 0 Å². The van der Waals surface area contributed by atoms with E-state index in [1.165, 1.54) is 11.1 Å². The number of carbonyl (C=O) groups excluding carboxylic acids is 1. The smallest absolute Gasteiger partial charge is 0.326 e. The van der Waals surface area contributed by atoms with Crippen LogP contribution in [0.3, 0.4) is 0 Å². The van der Waals surface area contributed by atoms with Gasteiger partial charge in [0.05, 0.1) is 6.04 Å². The van der Waals surface area contributed by atoms with Crippen LogP contribution in [-0.2, 0) is 29.1 Å². The fourth-order valence-corrected chi connectivity index (χ4v) is 7.01. The third kappa shape index (κ3) is 10.6. The predicted molar refractivity (Wildman–Crippen MR) is 176 cm³/mol. The van der Waals surface area contributed by atoms with Gasteiger partial charge < -0.3 is 15.3 Å². The molecule has 0 radical (unpaired) electrons. The van der Waals surface area contributed by atoms with Crippen LogP contribution >= 0.6 is 23.5 Å². The predicted octanol–water partition coefficient (Wildman–Crippen LogP) is 7.17. The Balaban J connectivity index is 1.52. The Labute approximate surface area is 257 Å². The van der Waals surface area contributed by atoms with Crippen molar-refractivity contribution in [2.75, 3.05) is 18.1 Å². The van der Waals surface area contributed by atoms with Gasteiger partial charge in [0, 0.05) is 36.0 Å². The Morgan fingerprint density at radius 2 is 1.07 bits per heavy atom. The molecular formula is C35H38N2O3S2. The number of aliphatic carboxylic acids is 1. The molecule has 0 saturated heterocycles. The normalized spacial score (nSPS) is 11.6. The molecular weight excluding hydrogens is 561 g/mol. The van der Waals surface area contributed by atoms with Crippen LogP contribution in [-0.4, -0.2) is 52.1 Å². The first kappa shape index (κ1) is 31.3. The minimum atomic E-state index is -1.04. The molecule has 4 rings (SSSR count). The van der Waals surface area contributed by atoms with Crippen molar-refractivity contribution in [2.24, 2.45) is 0 Å². The molecule has 4 aromatic carbocycles. The highest BCUT2D eigenvalue weighted by molar-refractivity contribution is 7.99. The fraction of sp³-hybridized carbons (Fsp3) is 0.257. The van der Waals surface area contributed by atoms with Crippen molar-refractivity contribution >= 4 is 35.5 Å². The fourth-order valence-electron chi connectivity index (χ4n) is 4.63. The second-order valence-corrected chi connectivity index (χ2v) is 12.2. The maximum atomic E-state index is 13.9. The average Bonchev–Trinajstić information content (AvgIpc) is 3.02. The van der Waals surface area contributed by atoms with Gasteiger partial charge in [-0.2, -0.15) is 23.5 Å². The summed E-state index contributed by atoms with van der Waals surface area (Å²) < 4.78 is 0. The van der Waals surface area contributed by atoms with Crippen LogP contribution in [0.15, 0.2) is 121 Å². The van der Waals surface area contributed by atoms with E-state index in [9.17, 15) is 14.7 Å². The Hall–Kier alpha value is -3.68. The summed E-state index contributed by atoms with van der Waals surface area (Å²) in [6, 6.07) is 38.8. The topological polar surface area (TPSA) is 69.6 Å². The van der Waals surface area contributed by atoms with Crippen molar-refractivity contribution in [3.8, 4) is 0 Å². The SMILES string of the molecule is O=C(O)C(Cc1ccccc1)NC(=O)N(CCc1ccccc1)C(CSCc1ccccc1)CSCc1ccccc1. The molecule has 0 fully saturated rings. The monoisotopic (exact) mass is 598 g/mol. The van der Waals surface area contributed by atoms with Crippen molar-refractivity contribution in [2.45, 2.75) is 36.4 Å². The van der Waals surface area contributed by atoms with E-state index in [0.29, 0.717) is 13.0 Å². The van der Waals surface area contributed by atoms with Gasteiger partial charge in [0.15, 0.2) is 0 Å². The largest absolute Gasteiger partial charge is 0.480 e. The van der Waals surface area contributed by atoms with Crippen LogP contribution in [0.5, 0.6) is 0 Å². The zero-order chi connectivity index (χ0) is 29.4. The zero-order valence-corrected chi connectivity index (χ0v) is 25.3. The number of benzene rings is 4.